The van der Waals surface area contributed by atoms with Gasteiger partial charge in [0.2, 0.25) is 6.54 Å². The molecule has 3 rings (SSSR count). The van der Waals surface area contributed by atoms with Crippen molar-refractivity contribution >= 4 is 16.7 Å². The fourth-order valence-electron chi connectivity index (χ4n) is 2.72. The summed E-state index contributed by atoms with van der Waals surface area (Å²) in [6.45, 7) is -0.281. The van der Waals surface area contributed by atoms with E-state index >= 15 is 0 Å². The molecule has 0 saturated carbocycles. The largest absolute Gasteiger partial charge is 0.454 e. The highest BCUT2D eigenvalue weighted by Gasteiger charge is 2.32. The van der Waals surface area contributed by atoms with Gasteiger partial charge >= 0.3 is 5.97 Å². The molecule has 0 N–H and O–H groups in total. The highest BCUT2D eigenvalue weighted by atomic mass is 16.6. The van der Waals surface area contributed by atoms with Crippen molar-refractivity contribution in [1.29, 1.82) is 0 Å². The summed E-state index contributed by atoms with van der Waals surface area (Å²) >= 11 is 0. The van der Waals surface area contributed by atoms with Crippen LogP contribution in [0.5, 0.6) is 0 Å². The Labute approximate surface area is 121 Å². The number of nitrogens with zero attached hydrogens (tertiary/aromatic N) is 1. The Balaban J connectivity index is 2.08. The zero-order chi connectivity index (χ0) is 14.8. The molecule has 0 unspecified atom stereocenters. The maximum Gasteiger partial charge on any atom is 0.331 e. The highest BCUT2D eigenvalue weighted by Crippen LogP contribution is 2.31. The molecule has 0 spiro atoms. The van der Waals surface area contributed by atoms with Gasteiger partial charge in [0.25, 0.3) is 0 Å². The quantitative estimate of drug-likeness (QED) is 0.491. The van der Waals surface area contributed by atoms with Crippen molar-refractivity contribution in [3.05, 3.63) is 70.3 Å². The Morgan fingerprint density at radius 1 is 1.19 bits per heavy atom. The minimum atomic E-state index is -0.589. The molecule has 21 heavy (non-hydrogen) atoms. The molecule has 0 bridgehead atoms. The van der Waals surface area contributed by atoms with Crippen LogP contribution < -0.4 is 0 Å². The summed E-state index contributed by atoms with van der Waals surface area (Å²) < 4.78 is 5.17. The van der Waals surface area contributed by atoms with E-state index in [9.17, 15) is 14.9 Å². The minimum Gasteiger partial charge on any atom is -0.454 e. The van der Waals surface area contributed by atoms with Crippen molar-refractivity contribution in [2.24, 2.45) is 0 Å². The number of carbonyl (C=O) groups is 1. The third kappa shape index (κ3) is 2.63. The number of fused-ring (bicyclic) bond motifs is 1. The number of esters is 1. The third-order valence-corrected chi connectivity index (χ3v) is 3.64. The van der Waals surface area contributed by atoms with E-state index in [1.807, 2.05) is 42.5 Å². The third-order valence-electron chi connectivity index (χ3n) is 3.64. The van der Waals surface area contributed by atoms with E-state index in [1.54, 1.807) is 6.08 Å². The van der Waals surface area contributed by atoms with Gasteiger partial charge in [0.15, 0.2) is 0 Å². The topological polar surface area (TPSA) is 69.4 Å². The second kappa shape index (κ2) is 5.36. The monoisotopic (exact) mass is 283 g/mol. The molecule has 2 aromatic carbocycles. The molecule has 2 atom stereocenters. The van der Waals surface area contributed by atoms with E-state index < -0.39 is 18.0 Å². The Morgan fingerprint density at radius 2 is 1.95 bits per heavy atom. The SMILES string of the molecule is O=C1C=C[C@H]([C@@H](C[N+](=O)[O-])c2cccc3ccccc23)O1. The van der Waals surface area contributed by atoms with Gasteiger partial charge in [-0.25, -0.2) is 4.79 Å². The molecule has 0 aliphatic carbocycles. The van der Waals surface area contributed by atoms with Crippen LogP contribution in [0.2, 0.25) is 0 Å². The molecule has 5 nitrogen and oxygen atoms in total. The van der Waals surface area contributed by atoms with Crippen LogP contribution in [-0.4, -0.2) is 23.5 Å². The molecule has 0 radical (unpaired) electrons. The Hall–Kier alpha value is -2.69. The van der Waals surface area contributed by atoms with Crippen LogP contribution in [0.3, 0.4) is 0 Å². The summed E-state index contributed by atoms with van der Waals surface area (Å²) in [6.07, 6.45) is 2.33. The lowest BCUT2D eigenvalue weighted by Crippen LogP contribution is -2.25. The van der Waals surface area contributed by atoms with Gasteiger partial charge in [-0.3, -0.25) is 10.1 Å². The molecule has 106 valence electrons. The van der Waals surface area contributed by atoms with E-state index in [0.717, 1.165) is 16.3 Å². The van der Waals surface area contributed by atoms with Crippen molar-refractivity contribution in [2.45, 2.75) is 12.0 Å². The fourth-order valence-corrected chi connectivity index (χ4v) is 2.72. The summed E-state index contributed by atoms with van der Waals surface area (Å²) in [5.41, 5.74) is 0.828. The molecule has 0 fully saturated rings. The number of carbonyl (C=O) groups excluding carboxylic acids is 1. The lowest BCUT2D eigenvalue weighted by molar-refractivity contribution is -0.484. The smallest absolute Gasteiger partial charge is 0.331 e. The summed E-state index contributed by atoms with van der Waals surface area (Å²) in [5, 5.41) is 13.0. The van der Waals surface area contributed by atoms with Crippen LogP contribution in [0.15, 0.2) is 54.6 Å². The summed E-state index contributed by atoms with van der Waals surface area (Å²) in [6, 6.07) is 13.4. The first-order valence-corrected chi connectivity index (χ1v) is 6.63. The van der Waals surface area contributed by atoms with Crippen molar-refractivity contribution in [2.75, 3.05) is 6.54 Å². The number of hydrogen-bond acceptors (Lipinski definition) is 4. The molecular weight excluding hydrogens is 270 g/mol. The maximum atomic E-state index is 11.3. The predicted molar refractivity (Wildman–Crippen MR) is 77.6 cm³/mol. The number of rotatable bonds is 4. The van der Waals surface area contributed by atoms with Crippen LogP contribution in [0, 0.1) is 10.1 Å². The molecule has 2 aromatic rings. The molecule has 5 heteroatoms. The van der Waals surface area contributed by atoms with E-state index in [2.05, 4.69) is 0 Å². The average molecular weight is 283 g/mol. The summed E-state index contributed by atoms with van der Waals surface area (Å²) in [7, 11) is 0. The van der Waals surface area contributed by atoms with Crippen LogP contribution >= 0.6 is 0 Å². The van der Waals surface area contributed by atoms with Gasteiger partial charge in [-0.15, -0.1) is 0 Å². The van der Waals surface area contributed by atoms with Gasteiger partial charge in [0.1, 0.15) is 6.10 Å². The Morgan fingerprint density at radius 3 is 2.67 bits per heavy atom. The molecule has 1 aliphatic heterocycles. The number of ether oxygens (including phenoxy) is 1. The second-order valence-corrected chi connectivity index (χ2v) is 4.95. The number of cyclic esters (lactones) is 1. The van der Waals surface area contributed by atoms with Crippen LogP contribution in [0.4, 0.5) is 0 Å². The number of hydrogen-bond donors (Lipinski definition) is 0. The van der Waals surface area contributed by atoms with E-state index in [1.165, 1.54) is 6.08 Å². The first kappa shape index (κ1) is 13.3. The Kier molecular flexibility index (Phi) is 3.39. The number of nitro groups is 1. The minimum absolute atomic E-state index is 0.281. The molecule has 0 saturated heterocycles. The van der Waals surface area contributed by atoms with Gasteiger partial charge in [-0.05, 0) is 22.4 Å². The molecule has 1 heterocycles. The van der Waals surface area contributed by atoms with E-state index in [-0.39, 0.29) is 11.5 Å². The summed E-state index contributed by atoms with van der Waals surface area (Å²) in [4.78, 5) is 21.9. The van der Waals surface area contributed by atoms with Crippen LogP contribution in [0.1, 0.15) is 11.5 Å². The highest BCUT2D eigenvalue weighted by molar-refractivity contribution is 5.87. The van der Waals surface area contributed by atoms with Crippen molar-refractivity contribution < 1.29 is 14.5 Å². The normalized spacial score (nSPS) is 18.7. The summed E-state index contributed by atoms with van der Waals surface area (Å²) in [5.74, 6) is -0.942. The van der Waals surface area contributed by atoms with Gasteiger partial charge in [-0.2, -0.15) is 0 Å². The number of benzene rings is 2. The van der Waals surface area contributed by atoms with Crippen LogP contribution in [0.25, 0.3) is 10.8 Å². The maximum absolute atomic E-state index is 11.3. The van der Waals surface area contributed by atoms with Crippen molar-refractivity contribution in [3.63, 3.8) is 0 Å². The van der Waals surface area contributed by atoms with Gasteiger partial charge in [0, 0.05) is 11.0 Å². The zero-order valence-electron chi connectivity index (χ0n) is 11.1. The second-order valence-electron chi connectivity index (χ2n) is 4.95. The van der Waals surface area contributed by atoms with Gasteiger partial charge in [0.05, 0.1) is 5.92 Å². The van der Waals surface area contributed by atoms with Crippen molar-refractivity contribution in [3.8, 4) is 0 Å². The average Bonchev–Trinajstić information content (AvgIpc) is 2.90. The molecular formula is C16H13NO4. The van der Waals surface area contributed by atoms with E-state index in [0.29, 0.717) is 0 Å². The molecule has 1 aliphatic rings. The predicted octanol–water partition coefficient (Wildman–Crippen LogP) is 2.68. The fraction of sp³-hybridized carbons (Fsp3) is 0.188. The van der Waals surface area contributed by atoms with Gasteiger partial charge in [-0.1, -0.05) is 42.5 Å². The van der Waals surface area contributed by atoms with Crippen molar-refractivity contribution in [1.82, 2.24) is 0 Å². The Bertz CT molecular complexity index is 733. The first-order chi connectivity index (χ1) is 10.1. The lowest BCUT2D eigenvalue weighted by Gasteiger charge is -2.20. The first-order valence-electron chi connectivity index (χ1n) is 6.63. The van der Waals surface area contributed by atoms with Gasteiger partial charge < -0.3 is 4.74 Å². The standard InChI is InChI=1S/C16H13NO4/c18-16-9-8-15(21-16)14(10-17(19)20)13-7-3-5-11-4-1-2-6-12(11)13/h1-9,14-15H,10H2/t14-,15+/m0/s1. The molecule has 0 amide bonds. The molecule has 0 aromatic heterocycles. The van der Waals surface area contributed by atoms with E-state index in [4.69, 9.17) is 4.74 Å². The zero-order valence-corrected chi connectivity index (χ0v) is 11.1. The lowest BCUT2D eigenvalue weighted by atomic mass is 9.89. The van der Waals surface area contributed by atoms with Crippen LogP contribution in [-0.2, 0) is 9.53 Å².